The molecule has 0 spiro atoms. The SMILES string of the molecule is CC(C)(C)OC(=O)N[C@@H]1CCCc2c(OCCO)cccc21. The molecule has 0 fully saturated rings. The molecule has 0 aliphatic heterocycles. The van der Waals surface area contributed by atoms with E-state index < -0.39 is 11.7 Å². The zero-order valence-corrected chi connectivity index (χ0v) is 13.5. The van der Waals surface area contributed by atoms with Crippen LogP contribution in [0.3, 0.4) is 0 Å². The van der Waals surface area contributed by atoms with Crippen LogP contribution in [0.15, 0.2) is 18.2 Å². The zero-order chi connectivity index (χ0) is 16.2. The lowest BCUT2D eigenvalue weighted by Gasteiger charge is -2.29. The number of fused-ring (bicyclic) bond motifs is 1. The van der Waals surface area contributed by atoms with E-state index in [1.54, 1.807) is 0 Å². The van der Waals surface area contributed by atoms with Crippen molar-refractivity contribution in [3.63, 3.8) is 0 Å². The highest BCUT2D eigenvalue weighted by Gasteiger charge is 2.26. The largest absolute Gasteiger partial charge is 0.491 e. The number of hydrogen-bond acceptors (Lipinski definition) is 4. The number of ether oxygens (including phenoxy) is 2. The van der Waals surface area contributed by atoms with Crippen molar-refractivity contribution in [2.75, 3.05) is 13.2 Å². The quantitative estimate of drug-likeness (QED) is 0.897. The first-order valence-electron chi connectivity index (χ1n) is 7.75. The number of carbonyl (C=O) groups excluding carboxylic acids is 1. The number of rotatable bonds is 4. The molecule has 0 bridgehead atoms. The minimum atomic E-state index is -0.506. The summed E-state index contributed by atoms with van der Waals surface area (Å²) in [6.45, 7) is 5.82. The first-order chi connectivity index (χ1) is 10.4. The summed E-state index contributed by atoms with van der Waals surface area (Å²) in [6, 6.07) is 5.78. The van der Waals surface area contributed by atoms with Gasteiger partial charge in [0.15, 0.2) is 0 Å². The number of benzene rings is 1. The third-order valence-corrected chi connectivity index (χ3v) is 3.50. The van der Waals surface area contributed by atoms with Gasteiger partial charge in [-0.1, -0.05) is 12.1 Å². The predicted molar refractivity (Wildman–Crippen MR) is 84.1 cm³/mol. The maximum Gasteiger partial charge on any atom is 0.408 e. The smallest absolute Gasteiger partial charge is 0.408 e. The van der Waals surface area contributed by atoms with Gasteiger partial charge < -0.3 is 19.9 Å². The third-order valence-electron chi connectivity index (χ3n) is 3.50. The van der Waals surface area contributed by atoms with E-state index in [0.717, 1.165) is 36.1 Å². The first kappa shape index (κ1) is 16.6. The van der Waals surface area contributed by atoms with Crippen LogP contribution in [0.1, 0.15) is 50.8 Å². The average Bonchev–Trinajstić information content (AvgIpc) is 2.43. The van der Waals surface area contributed by atoms with Crippen molar-refractivity contribution in [1.29, 1.82) is 0 Å². The van der Waals surface area contributed by atoms with Crippen LogP contribution >= 0.6 is 0 Å². The van der Waals surface area contributed by atoms with Gasteiger partial charge in [-0.15, -0.1) is 0 Å². The molecule has 1 aliphatic rings. The standard InChI is InChI=1S/C17H25NO4/c1-17(2,3)22-16(20)18-14-8-4-7-13-12(14)6-5-9-15(13)21-11-10-19/h5-6,9,14,19H,4,7-8,10-11H2,1-3H3,(H,18,20)/t14-/m1/s1. The fourth-order valence-corrected chi connectivity index (χ4v) is 2.71. The van der Waals surface area contributed by atoms with Crippen LogP contribution in [-0.4, -0.2) is 30.0 Å². The lowest BCUT2D eigenvalue weighted by atomic mass is 9.87. The molecule has 0 saturated carbocycles. The molecule has 1 amide bonds. The van der Waals surface area contributed by atoms with Crippen molar-refractivity contribution >= 4 is 6.09 Å². The second-order valence-corrected chi connectivity index (χ2v) is 6.49. The van der Waals surface area contributed by atoms with Crippen molar-refractivity contribution in [3.8, 4) is 5.75 Å². The number of carbonyl (C=O) groups is 1. The third kappa shape index (κ3) is 4.37. The van der Waals surface area contributed by atoms with E-state index in [4.69, 9.17) is 14.6 Å². The van der Waals surface area contributed by atoms with Crippen LogP contribution in [0.5, 0.6) is 5.75 Å². The Morgan fingerprint density at radius 3 is 2.86 bits per heavy atom. The second kappa shape index (κ2) is 7.01. The van der Waals surface area contributed by atoms with Crippen molar-refractivity contribution in [3.05, 3.63) is 29.3 Å². The van der Waals surface area contributed by atoms with E-state index in [2.05, 4.69) is 5.32 Å². The van der Waals surface area contributed by atoms with Crippen LogP contribution in [0.4, 0.5) is 4.79 Å². The number of nitrogens with one attached hydrogen (secondary N) is 1. The topological polar surface area (TPSA) is 67.8 Å². The second-order valence-electron chi connectivity index (χ2n) is 6.49. The summed E-state index contributed by atoms with van der Waals surface area (Å²) in [7, 11) is 0. The van der Waals surface area contributed by atoms with E-state index >= 15 is 0 Å². The van der Waals surface area contributed by atoms with E-state index in [9.17, 15) is 4.79 Å². The Hall–Kier alpha value is -1.75. The molecule has 0 saturated heterocycles. The maximum absolute atomic E-state index is 12.0. The molecule has 1 aromatic rings. The average molecular weight is 307 g/mol. The van der Waals surface area contributed by atoms with Crippen molar-refractivity contribution in [2.24, 2.45) is 0 Å². The number of aliphatic hydroxyl groups is 1. The van der Waals surface area contributed by atoms with Gasteiger partial charge in [-0.2, -0.15) is 0 Å². The summed E-state index contributed by atoms with van der Waals surface area (Å²) < 4.78 is 10.9. The lowest BCUT2D eigenvalue weighted by molar-refractivity contribution is 0.0498. The number of aliphatic hydroxyl groups excluding tert-OH is 1. The molecule has 1 aliphatic carbocycles. The van der Waals surface area contributed by atoms with Gasteiger partial charge in [0.25, 0.3) is 0 Å². The zero-order valence-electron chi connectivity index (χ0n) is 13.5. The molecule has 122 valence electrons. The maximum atomic E-state index is 12.0. The lowest BCUT2D eigenvalue weighted by Crippen LogP contribution is -2.36. The Labute approximate surface area is 131 Å². The van der Waals surface area contributed by atoms with Gasteiger partial charge in [0.1, 0.15) is 18.0 Å². The summed E-state index contributed by atoms with van der Waals surface area (Å²) >= 11 is 0. The van der Waals surface area contributed by atoms with Crippen LogP contribution in [0, 0.1) is 0 Å². The molecule has 1 aromatic carbocycles. The van der Waals surface area contributed by atoms with Gasteiger partial charge in [0.2, 0.25) is 0 Å². The van der Waals surface area contributed by atoms with Gasteiger partial charge in [0, 0.05) is 0 Å². The molecule has 0 aromatic heterocycles. The Balaban J connectivity index is 2.13. The van der Waals surface area contributed by atoms with E-state index in [-0.39, 0.29) is 19.3 Å². The highest BCUT2D eigenvalue weighted by Crippen LogP contribution is 2.35. The molecular weight excluding hydrogens is 282 g/mol. The van der Waals surface area contributed by atoms with Gasteiger partial charge in [-0.25, -0.2) is 4.79 Å². The Morgan fingerprint density at radius 1 is 1.41 bits per heavy atom. The Morgan fingerprint density at radius 2 is 2.18 bits per heavy atom. The molecule has 0 unspecified atom stereocenters. The van der Waals surface area contributed by atoms with Gasteiger partial charge in [0.05, 0.1) is 12.6 Å². The van der Waals surface area contributed by atoms with E-state index in [1.165, 1.54) is 0 Å². The first-order valence-corrected chi connectivity index (χ1v) is 7.75. The number of amides is 1. The van der Waals surface area contributed by atoms with Crippen molar-refractivity contribution in [2.45, 2.75) is 51.7 Å². The summed E-state index contributed by atoms with van der Waals surface area (Å²) in [5, 5.41) is 11.9. The minimum absolute atomic E-state index is 0.0107. The fraction of sp³-hybridized carbons (Fsp3) is 0.588. The molecule has 5 nitrogen and oxygen atoms in total. The van der Waals surface area contributed by atoms with Crippen LogP contribution in [0.2, 0.25) is 0 Å². The fourth-order valence-electron chi connectivity index (χ4n) is 2.71. The van der Waals surface area contributed by atoms with Gasteiger partial charge in [-0.3, -0.25) is 0 Å². The normalized spacial score (nSPS) is 17.5. The molecule has 0 radical (unpaired) electrons. The minimum Gasteiger partial charge on any atom is -0.491 e. The molecule has 5 heteroatoms. The predicted octanol–water partition coefficient (Wildman–Crippen LogP) is 2.96. The molecule has 22 heavy (non-hydrogen) atoms. The molecule has 2 rings (SSSR count). The van der Waals surface area contributed by atoms with Gasteiger partial charge >= 0.3 is 6.09 Å². The van der Waals surface area contributed by atoms with Crippen LogP contribution in [-0.2, 0) is 11.2 Å². The molecule has 0 heterocycles. The van der Waals surface area contributed by atoms with Crippen molar-refractivity contribution in [1.82, 2.24) is 5.32 Å². The summed E-state index contributed by atoms with van der Waals surface area (Å²) in [5.41, 5.74) is 1.68. The van der Waals surface area contributed by atoms with E-state index in [1.807, 2.05) is 39.0 Å². The summed E-state index contributed by atoms with van der Waals surface area (Å²) in [6.07, 6.45) is 2.39. The van der Waals surface area contributed by atoms with Crippen LogP contribution in [0.25, 0.3) is 0 Å². The molecular formula is C17H25NO4. The monoisotopic (exact) mass is 307 g/mol. The van der Waals surface area contributed by atoms with Crippen LogP contribution < -0.4 is 10.1 Å². The Kier molecular flexibility index (Phi) is 5.29. The molecule has 2 N–H and O–H groups in total. The summed E-state index contributed by atoms with van der Waals surface area (Å²) in [4.78, 5) is 12.0. The number of alkyl carbamates (subject to hydrolysis) is 1. The highest BCUT2D eigenvalue weighted by molar-refractivity contribution is 5.68. The number of hydrogen-bond donors (Lipinski definition) is 2. The van der Waals surface area contributed by atoms with Gasteiger partial charge in [-0.05, 0) is 57.2 Å². The molecule has 1 atom stereocenters. The van der Waals surface area contributed by atoms with E-state index in [0.29, 0.717) is 0 Å². The highest BCUT2D eigenvalue weighted by atomic mass is 16.6. The summed E-state index contributed by atoms with van der Waals surface area (Å²) in [5.74, 6) is 0.794. The Bertz CT molecular complexity index is 522. The van der Waals surface area contributed by atoms with Crippen molar-refractivity contribution < 1.29 is 19.4 Å².